The second-order valence-corrected chi connectivity index (χ2v) is 6.73. The van der Waals surface area contributed by atoms with Crippen LogP contribution < -0.4 is 5.32 Å². The van der Waals surface area contributed by atoms with Gasteiger partial charge in [0, 0.05) is 24.4 Å². The zero-order valence-corrected chi connectivity index (χ0v) is 15.3. The first kappa shape index (κ1) is 18.9. The lowest BCUT2D eigenvalue weighted by molar-refractivity contribution is -0.121. The second-order valence-electron chi connectivity index (χ2n) is 6.73. The Morgan fingerprint density at radius 1 is 1.00 bits per heavy atom. The number of amides is 1. The molecule has 0 spiro atoms. The molecule has 1 unspecified atom stereocenters. The number of carbonyl (C=O) groups is 2. The topological polar surface area (TPSA) is 46.2 Å². The van der Waals surface area contributed by atoms with Crippen LogP contribution in [-0.4, -0.2) is 17.7 Å². The Hall–Kier alpha value is -2.42. The van der Waals surface area contributed by atoms with Crippen molar-refractivity contribution in [1.82, 2.24) is 5.32 Å². The lowest BCUT2D eigenvalue weighted by atomic mass is 9.99. The summed E-state index contributed by atoms with van der Waals surface area (Å²) in [5.41, 5.74) is 4.03. The molecular formula is C22H27NO2. The quantitative estimate of drug-likeness (QED) is 0.726. The largest absolute Gasteiger partial charge is 0.354 e. The van der Waals surface area contributed by atoms with Crippen LogP contribution in [-0.2, 0) is 11.2 Å². The van der Waals surface area contributed by atoms with E-state index in [2.05, 4.69) is 17.4 Å². The summed E-state index contributed by atoms with van der Waals surface area (Å²) in [4.78, 5) is 24.4. The summed E-state index contributed by atoms with van der Waals surface area (Å²) in [5, 5.41) is 2.99. The average Bonchev–Trinajstić information content (AvgIpc) is 2.61. The molecule has 2 aromatic carbocycles. The number of rotatable bonds is 8. The molecule has 1 N–H and O–H groups in total. The van der Waals surface area contributed by atoms with Crippen molar-refractivity contribution >= 4 is 11.7 Å². The summed E-state index contributed by atoms with van der Waals surface area (Å²) in [6, 6.07) is 16.2. The van der Waals surface area contributed by atoms with Crippen molar-refractivity contribution in [2.75, 3.05) is 0 Å². The van der Waals surface area contributed by atoms with Gasteiger partial charge in [0.15, 0.2) is 5.78 Å². The van der Waals surface area contributed by atoms with Gasteiger partial charge in [-0.2, -0.15) is 0 Å². The fraction of sp³-hybridized carbons (Fsp3) is 0.364. The molecule has 0 saturated heterocycles. The first-order valence-electron chi connectivity index (χ1n) is 8.89. The first-order chi connectivity index (χ1) is 12.0. The minimum absolute atomic E-state index is 0.0355. The molecule has 132 valence electrons. The van der Waals surface area contributed by atoms with Gasteiger partial charge in [0.2, 0.25) is 5.91 Å². The van der Waals surface area contributed by atoms with E-state index < -0.39 is 0 Å². The molecule has 0 heterocycles. The van der Waals surface area contributed by atoms with Gasteiger partial charge in [0.1, 0.15) is 0 Å². The SMILES string of the molecule is Cc1ccc(C)c(C(=O)CCC(=O)NC(C)CCc2ccccc2)c1. The van der Waals surface area contributed by atoms with Gasteiger partial charge in [-0.15, -0.1) is 0 Å². The number of Topliss-reactive ketones (excluding diaryl/α,β-unsaturated/α-hetero) is 1. The molecule has 0 aromatic heterocycles. The van der Waals surface area contributed by atoms with Crippen LogP contribution >= 0.6 is 0 Å². The van der Waals surface area contributed by atoms with Gasteiger partial charge in [0.05, 0.1) is 0 Å². The number of hydrogen-bond donors (Lipinski definition) is 1. The molecule has 2 aromatic rings. The molecule has 0 saturated carbocycles. The molecular weight excluding hydrogens is 310 g/mol. The van der Waals surface area contributed by atoms with Crippen molar-refractivity contribution < 1.29 is 9.59 Å². The normalized spacial score (nSPS) is 11.8. The second kappa shape index (κ2) is 9.16. The van der Waals surface area contributed by atoms with Gasteiger partial charge >= 0.3 is 0 Å². The van der Waals surface area contributed by atoms with E-state index in [4.69, 9.17) is 0 Å². The Labute approximate surface area is 150 Å². The van der Waals surface area contributed by atoms with Crippen LogP contribution in [0.3, 0.4) is 0 Å². The van der Waals surface area contributed by atoms with Crippen LogP contribution in [0.15, 0.2) is 48.5 Å². The molecule has 3 heteroatoms. The van der Waals surface area contributed by atoms with E-state index >= 15 is 0 Å². The highest BCUT2D eigenvalue weighted by Crippen LogP contribution is 2.14. The predicted molar refractivity (Wildman–Crippen MR) is 102 cm³/mol. The summed E-state index contributed by atoms with van der Waals surface area (Å²) < 4.78 is 0. The fourth-order valence-electron chi connectivity index (χ4n) is 2.84. The highest BCUT2D eigenvalue weighted by atomic mass is 16.2. The van der Waals surface area contributed by atoms with E-state index in [0.29, 0.717) is 0 Å². The van der Waals surface area contributed by atoms with Crippen molar-refractivity contribution in [3.63, 3.8) is 0 Å². The molecule has 0 aliphatic rings. The summed E-state index contributed by atoms with van der Waals surface area (Å²) in [6.45, 7) is 5.91. The maximum atomic E-state index is 12.3. The summed E-state index contributed by atoms with van der Waals surface area (Å²) >= 11 is 0. The van der Waals surface area contributed by atoms with E-state index in [1.165, 1.54) is 5.56 Å². The van der Waals surface area contributed by atoms with E-state index in [0.717, 1.165) is 29.5 Å². The van der Waals surface area contributed by atoms with Crippen LogP contribution in [0.4, 0.5) is 0 Å². The van der Waals surface area contributed by atoms with E-state index in [-0.39, 0.29) is 30.6 Å². The Morgan fingerprint density at radius 2 is 1.72 bits per heavy atom. The molecule has 1 amide bonds. The number of benzene rings is 2. The van der Waals surface area contributed by atoms with Gasteiger partial charge in [0.25, 0.3) is 0 Å². The minimum atomic E-state index is -0.0563. The van der Waals surface area contributed by atoms with Gasteiger partial charge < -0.3 is 5.32 Å². The Balaban J connectivity index is 1.76. The van der Waals surface area contributed by atoms with Crippen LogP contribution in [0.2, 0.25) is 0 Å². The number of nitrogens with one attached hydrogen (secondary N) is 1. The number of ketones is 1. The summed E-state index contributed by atoms with van der Waals surface area (Å²) in [6.07, 6.45) is 2.31. The minimum Gasteiger partial charge on any atom is -0.354 e. The Kier molecular flexibility index (Phi) is 6.93. The molecule has 2 rings (SSSR count). The third-order valence-electron chi connectivity index (χ3n) is 4.39. The van der Waals surface area contributed by atoms with Gasteiger partial charge in [-0.3, -0.25) is 9.59 Å². The predicted octanol–water partition coefficient (Wildman–Crippen LogP) is 4.40. The maximum Gasteiger partial charge on any atom is 0.220 e. The molecule has 0 radical (unpaired) electrons. The summed E-state index contributed by atoms with van der Waals surface area (Å²) in [5.74, 6) is -0.0208. The van der Waals surface area contributed by atoms with Crippen LogP contribution in [0.25, 0.3) is 0 Å². The Morgan fingerprint density at radius 3 is 2.44 bits per heavy atom. The van der Waals surface area contributed by atoms with Crippen LogP contribution in [0.1, 0.15) is 53.2 Å². The van der Waals surface area contributed by atoms with E-state index in [9.17, 15) is 9.59 Å². The maximum absolute atomic E-state index is 12.3. The number of hydrogen-bond acceptors (Lipinski definition) is 2. The molecule has 1 atom stereocenters. The van der Waals surface area contributed by atoms with Gasteiger partial charge in [-0.1, -0.05) is 48.0 Å². The highest BCUT2D eigenvalue weighted by Gasteiger charge is 2.13. The van der Waals surface area contributed by atoms with Crippen molar-refractivity contribution in [3.05, 3.63) is 70.8 Å². The van der Waals surface area contributed by atoms with Gasteiger partial charge in [-0.25, -0.2) is 0 Å². The molecule has 25 heavy (non-hydrogen) atoms. The number of carbonyl (C=O) groups excluding carboxylic acids is 2. The zero-order chi connectivity index (χ0) is 18.2. The highest BCUT2D eigenvalue weighted by molar-refractivity contribution is 5.99. The molecule has 0 aliphatic carbocycles. The van der Waals surface area contributed by atoms with E-state index in [1.807, 2.05) is 57.2 Å². The standard InChI is InChI=1S/C22H27NO2/c1-16-9-10-17(2)20(15-16)21(24)13-14-22(25)23-18(3)11-12-19-7-5-4-6-8-19/h4-10,15,18H,11-14H2,1-3H3,(H,23,25). The molecule has 0 bridgehead atoms. The van der Waals surface area contributed by atoms with Crippen molar-refractivity contribution in [2.24, 2.45) is 0 Å². The van der Waals surface area contributed by atoms with E-state index in [1.54, 1.807) is 0 Å². The molecule has 0 fully saturated rings. The lowest BCUT2D eigenvalue weighted by Gasteiger charge is -2.14. The lowest BCUT2D eigenvalue weighted by Crippen LogP contribution is -2.33. The third-order valence-corrected chi connectivity index (χ3v) is 4.39. The zero-order valence-electron chi connectivity index (χ0n) is 15.3. The van der Waals surface area contributed by atoms with Crippen molar-refractivity contribution in [1.29, 1.82) is 0 Å². The first-order valence-corrected chi connectivity index (χ1v) is 8.89. The van der Waals surface area contributed by atoms with Crippen LogP contribution in [0.5, 0.6) is 0 Å². The smallest absolute Gasteiger partial charge is 0.220 e. The monoisotopic (exact) mass is 337 g/mol. The van der Waals surface area contributed by atoms with Crippen molar-refractivity contribution in [3.8, 4) is 0 Å². The third kappa shape index (κ3) is 6.18. The van der Waals surface area contributed by atoms with Crippen LogP contribution in [0, 0.1) is 13.8 Å². The summed E-state index contributed by atoms with van der Waals surface area (Å²) in [7, 11) is 0. The van der Waals surface area contributed by atoms with Crippen molar-refractivity contribution in [2.45, 2.75) is 52.5 Å². The number of aryl methyl sites for hydroxylation is 3. The molecule has 0 aliphatic heterocycles. The molecule has 3 nitrogen and oxygen atoms in total. The van der Waals surface area contributed by atoms with Gasteiger partial charge in [-0.05, 0) is 50.8 Å². The average molecular weight is 337 g/mol. The Bertz CT molecular complexity index is 722. The fourth-order valence-corrected chi connectivity index (χ4v) is 2.84.